The van der Waals surface area contributed by atoms with Gasteiger partial charge in [0.15, 0.2) is 0 Å². The minimum Gasteiger partial charge on any atom is -0.446 e. The second-order valence-corrected chi connectivity index (χ2v) is 9.91. The summed E-state index contributed by atoms with van der Waals surface area (Å²) < 4.78 is 27.6. The van der Waals surface area contributed by atoms with Crippen molar-refractivity contribution in [3.8, 4) is 0 Å². The molecule has 0 aromatic rings. The molecule has 0 spiro atoms. The zero-order valence-corrected chi connectivity index (χ0v) is 15.4. The molecule has 25 heavy (non-hydrogen) atoms. The van der Waals surface area contributed by atoms with Gasteiger partial charge in [0.25, 0.3) is 5.08 Å². The van der Waals surface area contributed by atoms with Gasteiger partial charge in [0.1, 0.15) is 6.10 Å². The molecule has 1 amide bonds. The van der Waals surface area contributed by atoms with Crippen molar-refractivity contribution in [2.24, 2.45) is 0 Å². The molecule has 0 aliphatic heterocycles. The van der Waals surface area contributed by atoms with Crippen LogP contribution >= 0.6 is 15.2 Å². The number of carbonyl (C=O) groups excluding carboxylic acids is 1. The summed E-state index contributed by atoms with van der Waals surface area (Å²) in [5.74, 6) is 0. The fourth-order valence-corrected chi connectivity index (χ4v) is 4.67. The highest BCUT2D eigenvalue weighted by Crippen LogP contribution is 2.69. The Morgan fingerprint density at radius 2 is 1.72 bits per heavy atom. The molecule has 1 aliphatic rings. The summed E-state index contributed by atoms with van der Waals surface area (Å²) in [6.45, 7) is -0.159. The molecule has 0 saturated heterocycles. The third kappa shape index (κ3) is 6.83. The maximum Gasteiger partial charge on any atom is 0.407 e. The minimum atomic E-state index is -5.47. The second-order valence-electron chi connectivity index (χ2n) is 5.90. The highest BCUT2D eigenvalue weighted by Gasteiger charge is 2.58. The number of rotatable bonds is 7. The van der Waals surface area contributed by atoms with Crippen LogP contribution in [0.3, 0.4) is 0 Å². The maximum absolute atomic E-state index is 11.7. The quantitative estimate of drug-likeness (QED) is 0.209. The van der Waals surface area contributed by atoms with E-state index in [1.807, 2.05) is 6.08 Å². The third-order valence-corrected chi connectivity index (χ3v) is 7.76. The summed E-state index contributed by atoms with van der Waals surface area (Å²) in [7, 11) is -10.9. The molecule has 0 aromatic heterocycles. The van der Waals surface area contributed by atoms with Crippen molar-refractivity contribution < 1.29 is 43.3 Å². The highest BCUT2D eigenvalue weighted by atomic mass is 31.2. The Balaban J connectivity index is 2.43. The first-order valence-corrected chi connectivity index (χ1v) is 11.1. The summed E-state index contributed by atoms with van der Waals surface area (Å²) in [6, 6.07) is 0. The van der Waals surface area contributed by atoms with Crippen LogP contribution in [0.2, 0.25) is 0 Å². The molecule has 6 N–H and O–H groups in total. The van der Waals surface area contributed by atoms with Crippen LogP contribution in [0.25, 0.3) is 0 Å². The number of amides is 1. The van der Waals surface area contributed by atoms with Crippen molar-refractivity contribution in [3.63, 3.8) is 0 Å². The van der Waals surface area contributed by atoms with Gasteiger partial charge in [-0.2, -0.15) is 0 Å². The Bertz CT molecular complexity index is 546. The van der Waals surface area contributed by atoms with Gasteiger partial charge in [0.2, 0.25) is 0 Å². The highest BCUT2D eigenvalue weighted by molar-refractivity contribution is 7.72. The molecule has 0 aromatic carbocycles. The summed E-state index contributed by atoms with van der Waals surface area (Å²) in [5, 5.41) is 8.58. The van der Waals surface area contributed by atoms with Crippen LogP contribution < -0.4 is 5.32 Å². The topological polar surface area (TPSA) is 174 Å². The van der Waals surface area contributed by atoms with E-state index in [4.69, 9.17) is 24.3 Å². The molecule has 0 bridgehead atoms. The van der Waals surface area contributed by atoms with Gasteiger partial charge in [0.05, 0.1) is 0 Å². The number of carbonyl (C=O) groups is 1. The fraction of sp³-hybridized carbons (Fsp3) is 0.769. The first-order valence-electron chi connectivity index (χ1n) is 7.90. The van der Waals surface area contributed by atoms with Crippen molar-refractivity contribution in [3.05, 3.63) is 12.2 Å². The van der Waals surface area contributed by atoms with Crippen molar-refractivity contribution in [1.29, 1.82) is 0 Å². The van der Waals surface area contributed by atoms with Gasteiger partial charge in [-0.05, 0) is 38.5 Å². The van der Waals surface area contributed by atoms with Crippen molar-refractivity contribution >= 4 is 21.3 Å². The van der Waals surface area contributed by atoms with Crippen LogP contribution in [0, 0.1) is 0 Å². The predicted molar refractivity (Wildman–Crippen MR) is 88.8 cm³/mol. The number of ether oxygens (including phenoxy) is 1. The second kappa shape index (κ2) is 9.28. The molecule has 146 valence electrons. The minimum absolute atomic E-state index is 0.159. The molecule has 12 heteroatoms. The molecule has 0 radical (unpaired) electrons. The molecule has 1 atom stereocenters. The number of nitrogens with one attached hydrogen (secondary N) is 1. The summed E-state index contributed by atoms with van der Waals surface area (Å²) >= 11 is 0. The normalized spacial score (nSPS) is 21.1. The van der Waals surface area contributed by atoms with Crippen LogP contribution in [0.5, 0.6) is 0 Å². The Morgan fingerprint density at radius 3 is 2.32 bits per heavy atom. The van der Waals surface area contributed by atoms with Crippen LogP contribution in [0.4, 0.5) is 4.79 Å². The first kappa shape index (κ1) is 22.3. The summed E-state index contributed by atoms with van der Waals surface area (Å²) in [4.78, 5) is 47.7. The fourth-order valence-electron chi connectivity index (χ4n) is 2.41. The Kier molecular flexibility index (Phi) is 8.28. The Labute approximate surface area is 145 Å². The molecule has 0 heterocycles. The van der Waals surface area contributed by atoms with Gasteiger partial charge < -0.3 is 34.7 Å². The van der Waals surface area contributed by atoms with Gasteiger partial charge in [-0.3, -0.25) is 9.13 Å². The molecular formula is C13H25NO9P2. The molecule has 0 saturated carbocycles. The standard InChI is InChI=1S/C13H25NO9P2/c15-12(23-11-7-4-2-1-3-5-8-11)14-10-6-9-13(16,24(17,18)19)25(20,21)22/h1-2,11,16H,3-10H2,(H,14,15)(H2,17,18,19)(H2,20,21,22)/b2-1+. The maximum atomic E-state index is 11.7. The van der Waals surface area contributed by atoms with Crippen molar-refractivity contribution in [2.75, 3.05) is 6.54 Å². The lowest BCUT2D eigenvalue weighted by Gasteiger charge is -2.29. The summed E-state index contributed by atoms with van der Waals surface area (Å²) in [5.41, 5.74) is 0. The van der Waals surface area contributed by atoms with E-state index < -0.39 is 32.8 Å². The van der Waals surface area contributed by atoms with E-state index in [0.29, 0.717) is 6.42 Å². The van der Waals surface area contributed by atoms with Gasteiger partial charge in [-0.25, -0.2) is 4.79 Å². The number of hydrogen-bond donors (Lipinski definition) is 6. The third-order valence-electron chi connectivity index (χ3n) is 3.88. The first-order chi connectivity index (χ1) is 11.5. The number of aliphatic hydroxyl groups is 1. The molecule has 1 unspecified atom stereocenters. The zero-order chi connectivity index (χ0) is 19.1. The number of hydrogen-bond acceptors (Lipinski definition) is 5. The Morgan fingerprint density at radius 1 is 1.12 bits per heavy atom. The van der Waals surface area contributed by atoms with E-state index in [1.165, 1.54) is 0 Å². The summed E-state index contributed by atoms with van der Waals surface area (Å²) in [6.07, 6.45) is 6.07. The number of alkyl carbamates (subject to hydrolysis) is 1. The van der Waals surface area contributed by atoms with Crippen LogP contribution in [0.15, 0.2) is 12.2 Å². The molecular weight excluding hydrogens is 376 g/mol. The van der Waals surface area contributed by atoms with Crippen molar-refractivity contribution in [2.45, 2.75) is 56.1 Å². The lowest BCUT2D eigenvalue weighted by molar-refractivity contribution is 0.0855. The van der Waals surface area contributed by atoms with Crippen LogP contribution in [0.1, 0.15) is 44.9 Å². The van der Waals surface area contributed by atoms with Crippen molar-refractivity contribution in [1.82, 2.24) is 5.32 Å². The van der Waals surface area contributed by atoms with E-state index in [-0.39, 0.29) is 19.1 Å². The van der Waals surface area contributed by atoms with Crippen LogP contribution in [-0.2, 0) is 13.9 Å². The molecule has 10 nitrogen and oxygen atoms in total. The van der Waals surface area contributed by atoms with E-state index in [9.17, 15) is 19.0 Å². The van der Waals surface area contributed by atoms with Gasteiger partial charge >= 0.3 is 21.3 Å². The van der Waals surface area contributed by atoms with E-state index >= 15 is 0 Å². The monoisotopic (exact) mass is 401 g/mol. The van der Waals surface area contributed by atoms with E-state index in [2.05, 4.69) is 11.4 Å². The van der Waals surface area contributed by atoms with Gasteiger partial charge in [-0.15, -0.1) is 0 Å². The predicted octanol–water partition coefficient (Wildman–Crippen LogP) is 1.38. The van der Waals surface area contributed by atoms with Gasteiger partial charge in [-0.1, -0.05) is 12.2 Å². The lowest BCUT2D eigenvalue weighted by Crippen LogP contribution is -2.33. The zero-order valence-electron chi connectivity index (χ0n) is 13.7. The average Bonchev–Trinajstić information content (AvgIpc) is 2.43. The lowest BCUT2D eigenvalue weighted by atomic mass is 10.0. The largest absolute Gasteiger partial charge is 0.446 e. The van der Waals surface area contributed by atoms with Gasteiger partial charge in [0, 0.05) is 13.0 Å². The molecule has 1 aliphatic carbocycles. The Hall–Kier alpha value is -0.730. The number of allylic oxidation sites excluding steroid dienone is 2. The molecule has 1 rings (SSSR count). The van der Waals surface area contributed by atoms with E-state index in [0.717, 1.165) is 25.7 Å². The average molecular weight is 401 g/mol. The van der Waals surface area contributed by atoms with Crippen LogP contribution in [-0.4, -0.2) is 48.5 Å². The molecule has 0 fully saturated rings. The SMILES string of the molecule is O=C(NCCCC(O)(P(=O)(O)O)P(=O)(O)O)OC1CC/C=C/CCC1. The smallest absolute Gasteiger partial charge is 0.407 e. The van der Waals surface area contributed by atoms with E-state index in [1.54, 1.807) is 0 Å².